The molecule has 0 fully saturated rings. The van der Waals surface area contributed by atoms with Crippen LogP contribution in [0.4, 0.5) is 0 Å². The Balaban J connectivity index is 3.59. The predicted octanol–water partition coefficient (Wildman–Crippen LogP) is 19.6. The quantitative estimate of drug-likeness (QED) is 0.0361. The number of amides is 1. The molecule has 5 nitrogen and oxygen atoms in total. The summed E-state index contributed by atoms with van der Waals surface area (Å²) in [4.78, 5) is 12.6. The zero-order valence-electron chi connectivity index (χ0n) is 46.5. The van der Waals surface area contributed by atoms with Crippen molar-refractivity contribution in [3.05, 3.63) is 48.6 Å². The van der Waals surface area contributed by atoms with Gasteiger partial charge in [0.15, 0.2) is 0 Å². The zero-order valence-corrected chi connectivity index (χ0v) is 46.5. The molecule has 3 unspecified atom stereocenters. The normalized spacial score (nSPS) is 13.5. The maximum Gasteiger partial charge on any atom is 0.249 e. The van der Waals surface area contributed by atoms with Crippen molar-refractivity contribution in [2.45, 2.75) is 347 Å². The molecule has 0 aromatic heterocycles. The average molecular weight is 969 g/mol. The first-order valence-corrected chi connectivity index (χ1v) is 31.0. The average Bonchev–Trinajstić information content (AvgIpc) is 3.35. The molecule has 1 amide bonds. The number of hydrogen-bond donors (Lipinski definition) is 4. The van der Waals surface area contributed by atoms with Crippen LogP contribution in [0, 0.1) is 0 Å². The highest BCUT2D eigenvalue weighted by Crippen LogP contribution is 2.17. The van der Waals surface area contributed by atoms with E-state index in [2.05, 4.69) is 55.6 Å². The van der Waals surface area contributed by atoms with E-state index in [0.29, 0.717) is 6.42 Å². The highest BCUT2D eigenvalue weighted by atomic mass is 16.3. The Morgan fingerprint density at radius 1 is 0.348 bits per heavy atom. The summed E-state index contributed by atoms with van der Waals surface area (Å²) in [7, 11) is 0. The maximum atomic E-state index is 12.6. The standard InChI is InChI=1S/C64H121NO4/c1-3-5-7-9-11-13-15-17-19-21-23-25-27-29-30-31-32-33-35-37-39-41-43-45-47-49-51-53-55-57-59-63(68)64(69)65-61(60-66)62(67)58-56-54-52-50-48-46-44-42-40-38-36-34-28-26-24-22-20-18-16-14-12-10-8-6-4-2/h29-30,40,42,48,50,56,58,61-63,66-68H,3-28,31-39,41,43-47,49,51-55,57,59-60H2,1-2H3,(H,65,69)/b30-29-,42-40+,50-48+,58-56+. The van der Waals surface area contributed by atoms with E-state index in [1.54, 1.807) is 6.08 Å². The Bertz CT molecular complexity index is 1110. The van der Waals surface area contributed by atoms with Crippen molar-refractivity contribution >= 4 is 5.91 Å². The number of nitrogens with one attached hydrogen (secondary N) is 1. The number of unbranched alkanes of at least 4 members (excludes halogenated alkanes) is 43. The molecule has 5 heteroatoms. The van der Waals surface area contributed by atoms with Gasteiger partial charge in [0.25, 0.3) is 0 Å². The molecule has 0 spiro atoms. The molecule has 0 aliphatic carbocycles. The Kier molecular flexibility index (Phi) is 57.4. The summed E-state index contributed by atoms with van der Waals surface area (Å²) in [5, 5.41) is 33.4. The number of aliphatic hydroxyl groups excluding tert-OH is 3. The molecule has 0 saturated heterocycles. The molecule has 69 heavy (non-hydrogen) atoms. The smallest absolute Gasteiger partial charge is 0.249 e. The van der Waals surface area contributed by atoms with E-state index in [4.69, 9.17) is 0 Å². The van der Waals surface area contributed by atoms with E-state index in [0.717, 1.165) is 44.9 Å². The van der Waals surface area contributed by atoms with Crippen molar-refractivity contribution in [1.29, 1.82) is 0 Å². The van der Waals surface area contributed by atoms with Crippen LogP contribution in [0.3, 0.4) is 0 Å². The maximum absolute atomic E-state index is 12.6. The van der Waals surface area contributed by atoms with Crippen molar-refractivity contribution in [2.75, 3.05) is 6.61 Å². The Morgan fingerprint density at radius 2 is 0.594 bits per heavy atom. The number of aliphatic hydroxyl groups is 3. The number of rotatable bonds is 57. The first-order chi connectivity index (χ1) is 34.1. The van der Waals surface area contributed by atoms with Crippen molar-refractivity contribution in [1.82, 2.24) is 5.32 Å². The van der Waals surface area contributed by atoms with Gasteiger partial charge in [-0.1, -0.05) is 306 Å². The monoisotopic (exact) mass is 968 g/mol. The second-order valence-corrected chi connectivity index (χ2v) is 21.2. The fraction of sp³-hybridized carbons (Fsp3) is 0.859. The summed E-state index contributed by atoms with van der Waals surface area (Å²) < 4.78 is 0. The molecule has 0 bridgehead atoms. The minimum atomic E-state index is -1.11. The lowest BCUT2D eigenvalue weighted by molar-refractivity contribution is -0.131. The van der Waals surface area contributed by atoms with Crippen LogP contribution < -0.4 is 5.32 Å². The van der Waals surface area contributed by atoms with Gasteiger partial charge in [0.2, 0.25) is 5.91 Å². The first kappa shape index (κ1) is 67.3. The number of hydrogen-bond acceptors (Lipinski definition) is 4. The van der Waals surface area contributed by atoms with Crippen LogP contribution in [0.2, 0.25) is 0 Å². The van der Waals surface area contributed by atoms with E-state index in [9.17, 15) is 20.1 Å². The zero-order chi connectivity index (χ0) is 50.0. The van der Waals surface area contributed by atoms with Gasteiger partial charge in [0.1, 0.15) is 6.10 Å². The van der Waals surface area contributed by atoms with Gasteiger partial charge in [0, 0.05) is 0 Å². The Hall–Kier alpha value is -1.69. The second kappa shape index (κ2) is 58.9. The van der Waals surface area contributed by atoms with Gasteiger partial charge in [-0.15, -0.1) is 0 Å². The van der Waals surface area contributed by atoms with Crippen LogP contribution in [0.5, 0.6) is 0 Å². The molecule has 0 aliphatic rings. The van der Waals surface area contributed by atoms with Crippen molar-refractivity contribution in [3.8, 4) is 0 Å². The van der Waals surface area contributed by atoms with E-state index < -0.39 is 24.2 Å². The molecular weight excluding hydrogens is 847 g/mol. The lowest BCUT2D eigenvalue weighted by Gasteiger charge is -2.21. The predicted molar refractivity (Wildman–Crippen MR) is 305 cm³/mol. The summed E-state index contributed by atoms with van der Waals surface area (Å²) in [5.41, 5.74) is 0. The van der Waals surface area contributed by atoms with E-state index in [-0.39, 0.29) is 6.61 Å². The Labute approximate surface area is 431 Å². The lowest BCUT2D eigenvalue weighted by atomic mass is 10.0. The van der Waals surface area contributed by atoms with Crippen LogP contribution in [-0.4, -0.2) is 46.1 Å². The highest BCUT2D eigenvalue weighted by molar-refractivity contribution is 5.80. The number of allylic oxidation sites excluding steroid dienone is 7. The summed E-state index contributed by atoms with van der Waals surface area (Å²) in [6.45, 7) is 4.21. The van der Waals surface area contributed by atoms with Crippen LogP contribution in [0.1, 0.15) is 328 Å². The molecule has 4 N–H and O–H groups in total. The van der Waals surface area contributed by atoms with E-state index in [1.165, 1.54) is 263 Å². The highest BCUT2D eigenvalue weighted by Gasteiger charge is 2.22. The summed E-state index contributed by atoms with van der Waals surface area (Å²) in [5.74, 6) is -0.513. The van der Waals surface area contributed by atoms with Gasteiger partial charge in [-0.3, -0.25) is 4.79 Å². The first-order valence-electron chi connectivity index (χ1n) is 31.0. The molecule has 0 heterocycles. The molecule has 0 aliphatic heterocycles. The van der Waals surface area contributed by atoms with Crippen molar-refractivity contribution < 1.29 is 20.1 Å². The van der Waals surface area contributed by atoms with Crippen molar-refractivity contribution in [3.63, 3.8) is 0 Å². The molecule has 406 valence electrons. The van der Waals surface area contributed by atoms with Gasteiger partial charge in [-0.2, -0.15) is 0 Å². The van der Waals surface area contributed by atoms with Gasteiger partial charge >= 0.3 is 0 Å². The number of carbonyl (C=O) groups excluding carboxylic acids is 1. The van der Waals surface area contributed by atoms with E-state index in [1.807, 2.05) is 6.08 Å². The van der Waals surface area contributed by atoms with Crippen LogP contribution in [0.15, 0.2) is 48.6 Å². The third-order valence-corrected chi connectivity index (χ3v) is 14.4. The van der Waals surface area contributed by atoms with Gasteiger partial charge in [0.05, 0.1) is 18.8 Å². The van der Waals surface area contributed by atoms with Crippen LogP contribution in [0.25, 0.3) is 0 Å². The van der Waals surface area contributed by atoms with Gasteiger partial charge in [-0.05, 0) is 70.6 Å². The topological polar surface area (TPSA) is 89.8 Å². The summed E-state index contributed by atoms with van der Waals surface area (Å²) in [6, 6.07) is -0.823. The van der Waals surface area contributed by atoms with Crippen LogP contribution >= 0.6 is 0 Å². The third kappa shape index (κ3) is 53.9. The van der Waals surface area contributed by atoms with Crippen LogP contribution in [-0.2, 0) is 4.79 Å². The third-order valence-electron chi connectivity index (χ3n) is 14.4. The molecule has 3 atom stereocenters. The number of carbonyl (C=O) groups is 1. The fourth-order valence-electron chi connectivity index (χ4n) is 9.57. The molecule has 0 saturated carbocycles. The SMILES string of the molecule is CCCCCCCCCCCCCC/C=C\CCCCCCCCCCCCCCCCC(O)C(=O)NC(CO)C(O)/C=C/CC/C=C/CC/C=C/CCCCCCCCCCCCCCCCC. The summed E-state index contributed by atoms with van der Waals surface area (Å²) in [6.07, 6.45) is 79.3. The fourth-order valence-corrected chi connectivity index (χ4v) is 9.57. The lowest BCUT2D eigenvalue weighted by Crippen LogP contribution is -2.48. The van der Waals surface area contributed by atoms with E-state index >= 15 is 0 Å². The second-order valence-electron chi connectivity index (χ2n) is 21.2. The molecule has 0 aromatic rings. The molecule has 0 radical (unpaired) electrons. The Morgan fingerprint density at radius 3 is 0.884 bits per heavy atom. The minimum absolute atomic E-state index is 0.380. The largest absolute Gasteiger partial charge is 0.394 e. The molecular formula is C64H121NO4. The van der Waals surface area contributed by atoms with Gasteiger partial charge in [-0.25, -0.2) is 0 Å². The molecule has 0 rings (SSSR count). The minimum Gasteiger partial charge on any atom is -0.394 e. The molecule has 0 aromatic carbocycles. The van der Waals surface area contributed by atoms with Crippen molar-refractivity contribution in [2.24, 2.45) is 0 Å². The summed E-state index contributed by atoms with van der Waals surface area (Å²) >= 11 is 0. The van der Waals surface area contributed by atoms with Gasteiger partial charge < -0.3 is 20.6 Å².